The Hall–Kier alpha value is -2.21. The number of likely N-dealkylation sites (tertiary alicyclic amines) is 1. The second-order valence-corrected chi connectivity index (χ2v) is 7.51. The molecule has 0 unspecified atom stereocenters. The van der Waals surface area contributed by atoms with Crippen LogP contribution in [0.5, 0.6) is 0 Å². The Balaban J connectivity index is 1.75. The van der Waals surface area contributed by atoms with Crippen LogP contribution < -0.4 is 5.32 Å². The Morgan fingerprint density at radius 2 is 2.04 bits per heavy atom. The predicted molar refractivity (Wildman–Crippen MR) is 99.5 cm³/mol. The van der Waals surface area contributed by atoms with Gasteiger partial charge in [0.2, 0.25) is 5.91 Å². The van der Waals surface area contributed by atoms with Gasteiger partial charge in [0.05, 0.1) is 17.3 Å². The van der Waals surface area contributed by atoms with E-state index in [0.29, 0.717) is 30.0 Å². The number of aliphatic carboxylic acids is 1. The minimum absolute atomic E-state index is 0.163. The van der Waals surface area contributed by atoms with Crippen molar-refractivity contribution in [3.8, 4) is 0 Å². The summed E-state index contributed by atoms with van der Waals surface area (Å²) in [5.41, 5.74) is 2.72. The minimum atomic E-state index is -0.926. The van der Waals surface area contributed by atoms with Crippen LogP contribution in [-0.4, -0.2) is 46.0 Å². The maximum absolute atomic E-state index is 12.9. The number of allylic oxidation sites excluding steroid dienone is 1. The van der Waals surface area contributed by atoms with E-state index < -0.39 is 5.97 Å². The molecule has 0 bridgehead atoms. The molecule has 2 heterocycles. The largest absolute Gasteiger partial charge is 0.478 e. The number of hydrogen-bond donors (Lipinski definition) is 2. The number of amides is 1. The molecular weight excluding hydrogens is 330 g/mol. The average molecular weight is 357 g/mol. The van der Waals surface area contributed by atoms with Gasteiger partial charge in [-0.3, -0.25) is 9.78 Å². The fraction of sp³-hybridized carbons (Fsp3) is 0.550. The molecule has 1 aromatic rings. The van der Waals surface area contributed by atoms with Crippen LogP contribution in [0.25, 0.3) is 5.57 Å². The van der Waals surface area contributed by atoms with Crippen molar-refractivity contribution >= 4 is 17.4 Å². The molecule has 0 aromatic carbocycles. The Kier molecular flexibility index (Phi) is 5.71. The van der Waals surface area contributed by atoms with Gasteiger partial charge in [0.15, 0.2) is 0 Å². The van der Waals surface area contributed by atoms with Crippen molar-refractivity contribution in [3.05, 3.63) is 35.2 Å². The Bertz CT molecular complexity index is 721. The summed E-state index contributed by atoms with van der Waals surface area (Å²) in [6.45, 7) is 6.37. The van der Waals surface area contributed by atoms with Crippen LogP contribution in [0.3, 0.4) is 0 Å². The van der Waals surface area contributed by atoms with Gasteiger partial charge in [-0.05, 0) is 36.8 Å². The Morgan fingerprint density at radius 3 is 2.69 bits per heavy atom. The van der Waals surface area contributed by atoms with Gasteiger partial charge >= 0.3 is 5.97 Å². The zero-order valence-electron chi connectivity index (χ0n) is 15.5. The third kappa shape index (κ3) is 3.96. The normalized spacial score (nSPS) is 17.3. The van der Waals surface area contributed by atoms with Gasteiger partial charge in [0, 0.05) is 37.8 Å². The lowest BCUT2D eigenvalue weighted by molar-refractivity contribution is -0.133. The number of fused-ring (bicyclic) bond motifs is 1. The van der Waals surface area contributed by atoms with Gasteiger partial charge in [-0.1, -0.05) is 19.9 Å². The average Bonchev–Trinajstić information content (AvgIpc) is 3.27. The zero-order chi connectivity index (χ0) is 18.7. The minimum Gasteiger partial charge on any atom is -0.478 e. The zero-order valence-corrected chi connectivity index (χ0v) is 15.5. The number of rotatable bonds is 7. The van der Waals surface area contributed by atoms with Crippen molar-refractivity contribution in [1.29, 1.82) is 0 Å². The highest BCUT2D eigenvalue weighted by atomic mass is 16.4. The monoisotopic (exact) mass is 357 g/mol. The topological polar surface area (TPSA) is 82.5 Å². The second-order valence-electron chi connectivity index (χ2n) is 7.51. The van der Waals surface area contributed by atoms with Crippen molar-refractivity contribution in [1.82, 2.24) is 15.2 Å². The van der Waals surface area contributed by atoms with E-state index in [1.807, 2.05) is 11.0 Å². The van der Waals surface area contributed by atoms with Crippen LogP contribution in [0.15, 0.2) is 18.3 Å². The molecule has 2 aliphatic rings. The molecule has 1 aromatic heterocycles. The lowest BCUT2D eigenvalue weighted by Crippen LogP contribution is -2.46. The van der Waals surface area contributed by atoms with E-state index >= 15 is 0 Å². The number of nitrogens with one attached hydrogen (secondary N) is 1. The molecule has 1 atom stereocenters. The molecule has 6 heteroatoms. The first kappa shape index (κ1) is 18.6. The lowest BCUT2D eigenvalue weighted by atomic mass is 10.00. The van der Waals surface area contributed by atoms with E-state index in [-0.39, 0.29) is 11.9 Å². The first-order valence-corrected chi connectivity index (χ1v) is 9.40. The fourth-order valence-corrected chi connectivity index (χ4v) is 3.81. The van der Waals surface area contributed by atoms with Crippen LogP contribution in [0.4, 0.5) is 0 Å². The van der Waals surface area contributed by atoms with E-state index in [1.165, 1.54) is 0 Å². The van der Waals surface area contributed by atoms with Crippen molar-refractivity contribution in [2.24, 2.45) is 5.92 Å². The summed E-state index contributed by atoms with van der Waals surface area (Å²) >= 11 is 0. The van der Waals surface area contributed by atoms with E-state index in [0.717, 1.165) is 43.6 Å². The molecule has 140 valence electrons. The van der Waals surface area contributed by atoms with Gasteiger partial charge in [-0.25, -0.2) is 4.79 Å². The number of pyridine rings is 1. The highest BCUT2D eigenvalue weighted by Crippen LogP contribution is 2.29. The van der Waals surface area contributed by atoms with Crippen LogP contribution in [-0.2, 0) is 22.6 Å². The van der Waals surface area contributed by atoms with Crippen LogP contribution >= 0.6 is 0 Å². The molecule has 1 fully saturated rings. The number of hydrogen-bond acceptors (Lipinski definition) is 4. The third-order valence-corrected chi connectivity index (χ3v) is 5.08. The van der Waals surface area contributed by atoms with E-state index in [2.05, 4.69) is 24.1 Å². The van der Waals surface area contributed by atoms with Crippen LogP contribution in [0, 0.1) is 5.92 Å². The predicted octanol–water partition coefficient (Wildman–Crippen LogP) is 2.23. The van der Waals surface area contributed by atoms with Crippen LogP contribution in [0.1, 0.15) is 49.9 Å². The number of carbonyl (C=O) groups excluding carboxylic acids is 1. The van der Waals surface area contributed by atoms with Crippen LogP contribution in [0.2, 0.25) is 0 Å². The molecule has 0 radical (unpaired) electrons. The van der Waals surface area contributed by atoms with Gasteiger partial charge in [0.1, 0.15) is 0 Å². The number of carboxylic acid groups (broad SMARTS) is 1. The van der Waals surface area contributed by atoms with Gasteiger partial charge < -0.3 is 15.3 Å². The third-order valence-electron chi connectivity index (χ3n) is 5.08. The summed E-state index contributed by atoms with van der Waals surface area (Å²) in [4.78, 5) is 30.6. The molecule has 1 aliphatic heterocycles. The maximum Gasteiger partial charge on any atom is 0.336 e. The molecule has 2 N–H and O–H groups in total. The Morgan fingerprint density at radius 1 is 1.31 bits per heavy atom. The first-order chi connectivity index (χ1) is 12.5. The van der Waals surface area contributed by atoms with Crippen molar-refractivity contribution in [2.75, 3.05) is 13.1 Å². The molecule has 3 rings (SSSR count). The molecule has 0 saturated carbocycles. The molecule has 1 saturated heterocycles. The van der Waals surface area contributed by atoms with Gasteiger partial charge in [0.25, 0.3) is 0 Å². The van der Waals surface area contributed by atoms with Crippen molar-refractivity contribution in [3.63, 3.8) is 0 Å². The molecule has 0 spiro atoms. The number of carbonyl (C=O) groups is 2. The summed E-state index contributed by atoms with van der Waals surface area (Å²) in [7, 11) is 0. The fourth-order valence-electron chi connectivity index (χ4n) is 3.81. The van der Waals surface area contributed by atoms with Gasteiger partial charge in [-0.15, -0.1) is 0 Å². The summed E-state index contributed by atoms with van der Waals surface area (Å²) in [6.07, 6.45) is 6.89. The summed E-state index contributed by atoms with van der Waals surface area (Å²) in [5.74, 6) is -0.363. The number of nitrogens with zero attached hydrogens (tertiary/aromatic N) is 2. The smallest absolute Gasteiger partial charge is 0.336 e. The molecule has 6 nitrogen and oxygen atoms in total. The summed E-state index contributed by atoms with van der Waals surface area (Å²) in [6, 6.07) is 1.61. The SMILES string of the molecule is CC(C)C[C@@H](NCc1ccnc2c1C(C(=O)O)=CC2)C(=O)N1CCCC1. The van der Waals surface area contributed by atoms with E-state index in [1.54, 1.807) is 12.3 Å². The standard InChI is InChI=1S/C20H27N3O3/c1-13(2)11-17(19(24)23-9-3-4-10-23)22-12-14-7-8-21-16-6-5-15(18(14)16)20(25)26/h5,7-8,13,17,22H,3-4,6,9-12H2,1-2H3,(H,25,26)/t17-/m1/s1. The molecular formula is C20H27N3O3. The highest BCUT2D eigenvalue weighted by molar-refractivity contribution is 6.17. The van der Waals surface area contributed by atoms with Crippen molar-refractivity contribution in [2.45, 2.75) is 52.1 Å². The summed E-state index contributed by atoms with van der Waals surface area (Å²) in [5, 5.41) is 12.8. The second kappa shape index (κ2) is 7.99. The van der Waals surface area contributed by atoms with Crippen molar-refractivity contribution < 1.29 is 14.7 Å². The molecule has 26 heavy (non-hydrogen) atoms. The van der Waals surface area contributed by atoms with E-state index in [9.17, 15) is 14.7 Å². The highest BCUT2D eigenvalue weighted by Gasteiger charge is 2.28. The Labute approximate surface area is 154 Å². The first-order valence-electron chi connectivity index (χ1n) is 9.40. The van der Waals surface area contributed by atoms with E-state index in [4.69, 9.17) is 0 Å². The lowest BCUT2D eigenvalue weighted by Gasteiger charge is -2.26. The number of aromatic nitrogens is 1. The molecule has 1 aliphatic carbocycles. The van der Waals surface area contributed by atoms with Gasteiger partial charge in [-0.2, -0.15) is 0 Å². The summed E-state index contributed by atoms with van der Waals surface area (Å²) < 4.78 is 0. The number of carboxylic acids is 1. The maximum atomic E-state index is 12.9. The molecule has 1 amide bonds. The quantitative estimate of drug-likeness (QED) is 0.782.